The summed E-state index contributed by atoms with van der Waals surface area (Å²) in [6.07, 6.45) is 6.99. The van der Waals surface area contributed by atoms with Gasteiger partial charge in [-0.2, -0.15) is 0 Å². The summed E-state index contributed by atoms with van der Waals surface area (Å²) >= 11 is 3.05. The number of thioether (sulfide) groups is 1. The molecule has 0 bridgehead atoms. The maximum Gasteiger partial charge on any atom is 0.270 e. The molecule has 0 unspecified atom stereocenters. The molecule has 1 N–H and O–H groups in total. The van der Waals surface area contributed by atoms with E-state index in [9.17, 15) is 9.59 Å². The smallest absolute Gasteiger partial charge is 0.270 e. The monoisotopic (exact) mass is 488 g/mol. The van der Waals surface area contributed by atoms with E-state index in [2.05, 4.69) is 28.8 Å². The Morgan fingerprint density at radius 3 is 2.94 bits per heavy atom. The number of amides is 2. The number of hydrogen-bond donors (Lipinski definition) is 1. The summed E-state index contributed by atoms with van der Waals surface area (Å²) in [6.45, 7) is 9.14. The molecule has 0 aromatic carbocycles. The van der Waals surface area contributed by atoms with Crippen LogP contribution in [-0.4, -0.2) is 65.3 Å². The predicted molar refractivity (Wildman–Crippen MR) is 133 cm³/mol. The van der Waals surface area contributed by atoms with E-state index in [-0.39, 0.29) is 17.7 Å². The van der Waals surface area contributed by atoms with E-state index in [4.69, 9.17) is 4.74 Å². The van der Waals surface area contributed by atoms with Crippen molar-refractivity contribution >= 4 is 34.9 Å². The summed E-state index contributed by atoms with van der Waals surface area (Å²) in [5.74, 6) is 0.870. The maximum atomic E-state index is 13.1. The molecule has 2 amide bonds. The van der Waals surface area contributed by atoms with Gasteiger partial charge in [-0.25, -0.2) is 9.97 Å². The van der Waals surface area contributed by atoms with Crippen LogP contribution in [0, 0.1) is 0 Å². The molecule has 1 aliphatic heterocycles. The van der Waals surface area contributed by atoms with E-state index in [1.54, 1.807) is 12.3 Å². The summed E-state index contributed by atoms with van der Waals surface area (Å²) in [6, 6.07) is 3.65. The molecule has 0 aliphatic carbocycles. The van der Waals surface area contributed by atoms with Gasteiger partial charge in [-0.15, -0.1) is 29.7 Å². The molecule has 0 spiro atoms. The minimum absolute atomic E-state index is 0.0234. The first-order valence-corrected chi connectivity index (χ1v) is 13.3. The predicted octanol–water partition coefficient (Wildman–Crippen LogP) is 4.38. The lowest BCUT2D eigenvalue weighted by atomic mass is 9.97. The van der Waals surface area contributed by atoms with E-state index in [1.807, 2.05) is 22.4 Å². The van der Waals surface area contributed by atoms with Crippen molar-refractivity contribution in [2.75, 3.05) is 38.6 Å². The Balaban J connectivity index is 1.48. The average molecular weight is 489 g/mol. The van der Waals surface area contributed by atoms with Crippen LogP contribution in [0.5, 0.6) is 0 Å². The average Bonchev–Trinajstić information content (AvgIpc) is 3.35. The summed E-state index contributed by atoms with van der Waals surface area (Å²) in [5.41, 5.74) is 1.12. The molecule has 1 aliphatic rings. The van der Waals surface area contributed by atoms with E-state index < -0.39 is 0 Å². The Hall–Kier alpha value is -2.23. The SMILES string of the molecule is C=CCSc1ncccc1C(=O)N1CCC(c2nc(C(=O)NCCCOCCC)cs2)CC1. The van der Waals surface area contributed by atoms with Crippen molar-refractivity contribution in [3.63, 3.8) is 0 Å². The Kier molecular flexibility index (Phi) is 10.4. The van der Waals surface area contributed by atoms with E-state index in [1.165, 1.54) is 23.1 Å². The molecule has 0 radical (unpaired) electrons. The first-order valence-electron chi connectivity index (χ1n) is 11.4. The first kappa shape index (κ1) is 25.4. The summed E-state index contributed by atoms with van der Waals surface area (Å²) in [5, 5.41) is 6.46. The highest BCUT2D eigenvalue weighted by Crippen LogP contribution is 2.31. The third-order valence-electron chi connectivity index (χ3n) is 5.32. The van der Waals surface area contributed by atoms with Crippen LogP contribution in [0.3, 0.4) is 0 Å². The number of likely N-dealkylation sites (tertiary alicyclic amines) is 1. The minimum atomic E-state index is -0.137. The topological polar surface area (TPSA) is 84.4 Å². The molecular formula is C24H32N4O3S2. The standard InChI is InChI=1S/C24H32N4O3S2/c1-3-14-31-15-6-11-25-21(29)20-17-33-22(27-20)18-8-12-28(13-9-18)24(30)19-7-5-10-26-23(19)32-16-4-2/h4-5,7,10,17-18H,2-3,6,8-9,11-16H2,1H3,(H,25,29). The molecule has 3 heterocycles. The Bertz CT molecular complexity index is 926. The van der Waals surface area contributed by atoms with Crippen LogP contribution in [0.25, 0.3) is 0 Å². The third kappa shape index (κ3) is 7.38. The van der Waals surface area contributed by atoms with Gasteiger partial charge in [0.1, 0.15) is 10.7 Å². The number of pyridine rings is 1. The molecular weight excluding hydrogens is 456 g/mol. The zero-order valence-electron chi connectivity index (χ0n) is 19.1. The number of nitrogens with one attached hydrogen (secondary N) is 1. The van der Waals surface area contributed by atoms with Crippen LogP contribution in [0.1, 0.15) is 64.4 Å². The zero-order valence-corrected chi connectivity index (χ0v) is 20.8. The van der Waals surface area contributed by atoms with Gasteiger partial charge in [-0.05, 0) is 37.8 Å². The van der Waals surface area contributed by atoms with Crippen molar-refractivity contribution in [2.45, 2.75) is 43.6 Å². The van der Waals surface area contributed by atoms with Gasteiger partial charge in [0.15, 0.2) is 0 Å². The van der Waals surface area contributed by atoms with Crippen molar-refractivity contribution in [1.82, 2.24) is 20.2 Å². The minimum Gasteiger partial charge on any atom is -0.381 e. The molecule has 178 valence electrons. The lowest BCUT2D eigenvalue weighted by Crippen LogP contribution is -2.38. The Morgan fingerprint density at radius 2 is 2.18 bits per heavy atom. The molecule has 7 nitrogen and oxygen atoms in total. The fourth-order valence-corrected chi connectivity index (χ4v) is 5.29. The third-order valence-corrected chi connectivity index (χ3v) is 7.33. The molecule has 1 saturated heterocycles. The van der Waals surface area contributed by atoms with Crippen molar-refractivity contribution in [3.8, 4) is 0 Å². The zero-order chi connectivity index (χ0) is 23.5. The number of rotatable bonds is 12. The summed E-state index contributed by atoms with van der Waals surface area (Å²) in [4.78, 5) is 36.3. The van der Waals surface area contributed by atoms with Gasteiger partial charge >= 0.3 is 0 Å². The molecule has 9 heteroatoms. The normalized spacial score (nSPS) is 14.3. The number of carbonyl (C=O) groups is 2. The first-order chi connectivity index (χ1) is 16.1. The van der Waals surface area contributed by atoms with Gasteiger partial charge in [-0.3, -0.25) is 9.59 Å². The number of carbonyl (C=O) groups excluding carboxylic acids is 2. The maximum absolute atomic E-state index is 13.1. The van der Waals surface area contributed by atoms with Crippen LogP contribution in [0.15, 0.2) is 41.4 Å². The quantitative estimate of drug-likeness (QED) is 0.271. The van der Waals surface area contributed by atoms with Gasteiger partial charge in [0.2, 0.25) is 0 Å². The number of piperidine rings is 1. The van der Waals surface area contributed by atoms with Gasteiger partial charge in [0.05, 0.1) is 10.6 Å². The second kappa shape index (κ2) is 13.5. The van der Waals surface area contributed by atoms with Gasteiger partial charge < -0.3 is 15.0 Å². The molecule has 1 fully saturated rings. The van der Waals surface area contributed by atoms with Gasteiger partial charge in [0, 0.05) is 56.1 Å². The highest BCUT2D eigenvalue weighted by atomic mass is 32.2. The number of aromatic nitrogens is 2. The van der Waals surface area contributed by atoms with Crippen molar-refractivity contribution < 1.29 is 14.3 Å². The fourth-order valence-electron chi connectivity index (χ4n) is 3.60. The molecule has 0 atom stereocenters. The Labute approximate surface area is 204 Å². The molecule has 3 rings (SSSR count). The van der Waals surface area contributed by atoms with Crippen molar-refractivity contribution in [3.05, 3.63) is 52.6 Å². The highest BCUT2D eigenvalue weighted by molar-refractivity contribution is 7.99. The van der Waals surface area contributed by atoms with Crippen LogP contribution in [0.4, 0.5) is 0 Å². The number of hydrogen-bond acceptors (Lipinski definition) is 7. The second-order valence-electron chi connectivity index (χ2n) is 7.82. The van der Waals surface area contributed by atoms with E-state index >= 15 is 0 Å². The van der Waals surface area contributed by atoms with Gasteiger partial charge in [0.25, 0.3) is 11.8 Å². The fraction of sp³-hybridized carbons (Fsp3) is 0.500. The Morgan fingerprint density at radius 1 is 1.36 bits per heavy atom. The molecule has 33 heavy (non-hydrogen) atoms. The number of nitrogens with zero attached hydrogens (tertiary/aromatic N) is 3. The van der Waals surface area contributed by atoms with Gasteiger partial charge in [-0.1, -0.05) is 13.0 Å². The number of thiazole rings is 1. The van der Waals surface area contributed by atoms with E-state index in [0.29, 0.717) is 43.3 Å². The van der Waals surface area contributed by atoms with E-state index in [0.717, 1.165) is 42.3 Å². The summed E-state index contributed by atoms with van der Waals surface area (Å²) < 4.78 is 5.43. The summed E-state index contributed by atoms with van der Waals surface area (Å²) in [7, 11) is 0. The molecule has 0 saturated carbocycles. The van der Waals surface area contributed by atoms with Crippen LogP contribution < -0.4 is 5.32 Å². The lowest BCUT2D eigenvalue weighted by Gasteiger charge is -2.31. The van der Waals surface area contributed by atoms with Crippen LogP contribution >= 0.6 is 23.1 Å². The van der Waals surface area contributed by atoms with Crippen molar-refractivity contribution in [1.29, 1.82) is 0 Å². The molecule has 2 aromatic heterocycles. The number of ether oxygens (including phenoxy) is 1. The highest BCUT2D eigenvalue weighted by Gasteiger charge is 2.28. The van der Waals surface area contributed by atoms with Crippen LogP contribution in [0.2, 0.25) is 0 Å². The lowest BCUT2D eigenvalue weighted by molar-refractivity contribution is 0.0708. The largest absolute Gasteiger partial charge is 0.381 e. The molecule has 2 aromatic rings. The second-order valence-corrected chi connectivity index (χ2v) is 9.71. The van der Waals surface area contributed by atoms with Crippen molar-refractivity contribution in [2.24, 2.45) is 0 Å². The van der Waals surface area contributed by atoms with Crippen LogP contribution in [-0.2, 0) is 4.74 Å².